The molecule has 0 aromatic heterocycles. The average molecular weight is 314 g/mol. The van der Waals surface area contributed by atoms with Gasteiger partial charge in [0.2, 0.25) is 10.0 Å². The molecule has 1 aliphatic rings. The Morgan fingerprint density at radius 3 is 2.71 bits per heavy atom. The molecule has 1 saturated heterocycles. The fourth-order valence-electron chi connectivity index (χ4n) is 2.13. The highest BCUT2D eigenvalue weighted by molar-refractivity contribution is 7.89. The van der Waals surface area contributed by atoms with Gasteiger partial charge >= 0.3 is 0 Å². The van der Waals surface area contributed by atoms with E-state index in [9.17, 15) is 8.42 Å². The van der Waals surface area contributed by atoms with Gasteiger partial charge in [0.25, 0.3) is 0 Å². The topological polar surface area (TPSA) is 67.9 Å². The minimum absolute atomic E-state index is 0.0798. The Kier molecular flexibility index (Phi) is 5.21. The van der Waals surface area contributed by atoms with Crippen LogP contribution < -0.4 is 10.1 Å². The second-order valence-electron chi connectivity index (χ2n) is 5.27. The molecule has 2 rings (SSSR count). The predicted molar refractivity (Wildman–Crippen MR) is 80.0 cm³/mol. The first kappa shape index (κ1) is 16.2. The van der Waals surface area contributed by atoms with Crippen molar-refractivity contribution in [3.05, 3.63) is 24.3 Å². The van der Waals surface area contributed by atoms with E-state index in [0.717, 1.165) is 6.54 Å². The highest BCUT2D eigenvalue weighted by atomic mass is 32.2. The lowest BCUT2D eigenvalue weighted by atomic mass is 10.2. The van der Waals surface area contributed by atoms with Crippen molar-refractivity contribution in [1.82, 2.24) is 9.62 Å². The minimum atomic E-state index is -3.52. The normalized spacial score (nSPS) is 23.2. The van der Waals surface area contributed by atoms with E-state index in [4.69, 9.17) is 9.47 Å². The molecule has 21 heavy (non-hydrogen) atoms. The van der Waals surface area contributed by atoms with Gasteiger partial charge in [-0.1, -0.05) is 12.1 Å². The van der Waals surface area contributed by atoms with Gasteiger partial charge in [0.1, 0.15) is 23.4 Å². The Morgan fingerprint density at radius 1 is 1.33 bits per heavy atom. The van der Waals surface area contributed by atoms with E-state index >= 15 is 0 Å². The molecule has 0 spiro atoms. The molecule has 0 bridgehead atoms. The fraction of sp³-hybridized carbons (Fsp3) is 0.571. The van der Waals surface area contributed by atoms with Gasteiger partial charge in [-0.25, -0.2) is 12.7 Å². The van der Waals surface area contributed by atoms with Gasteiger partial charge in [0, 0.05) is 27.2 Å². The monoisotopic (exact) mass is 314 g/mol. The van der Waals surface area contributed by atoms with Crippen molar-refractivity contribution >= 4 is 10.0 Å². The molecule has 0 saturated carbocycles. The van der Waals surface area contributed by atoms with Crippen LogP contribution in [0, 0.1) is 0 Å². The molecular weight excluding hydrogens is 292 g/mol. The molecule has 0 amide bonds. The van der Waals surface area contributed by atoms with Crippen molar-refractivity contribution in [2.45, 2.75) is 24.0 Å². The summed E-state index contributed by atoms with van der Waals surface area (Å²) in [5, 5.41) is 3.25. The smallest absolute Gasteiger partial charge is 0.246 e. The van der Waals surface area contributed by atoms with Gasteiger partial charge in [-0.3, -0.25) is 0 Å². The minimum Gasteiger partial charge on any atom is -0.489 e. The summed E-state index contributed by atoms with van der Waals surface area (Å²) in [6.07, 6.45) is 0.0527. The van der Waals surface area contributed by atoms with Crippen LogP contribution in [0.15, 0.2) is 29.2 Å². The van der Waals surface area contributed by atoms with Gasteiger partial charge in [-0.2, -0.15) is 0 Å². The lowest BCUT2D eigenvalue weighted by Crippen LogP contribution is -2.45. The molecule has 118 valence electrons. The quantitative estimate of drug-likeness (QED) is 0.866. The lowest BCUT2D eigenvalue weighted by Gasteiger charge is -2.28. The molecule has 0 aliphatic carbocycles. The molecule has 1 fully saturated rings. The van der Waals surface area contributed by atoms with E-state index in [1.54, 1.807) is 24.3 Å². The third kappa shape index (κ3) is 3.94. The molecule has 2 unspecified atom stereocenters. The van der Waals surface area contributed by atoms with Gasteiger partial charge in [0.05, 0.1) is 6.10 Å². The average Bonchev–Trinajstić information content (AvgIpc) is 2.45. The summed E-state index contributed by atoms with van der Waals surface area (Å²) >= 11 is 0. The zero-order valence-corrected chi connectivity index (χ0v) is 13.4. The van der Waals surface area contributed by atoms with Crippen molar-refractivity contribution in [2.24, 2.45) is 0 Å². The van der Waals surface area contributed by atoms with Crippen LogP contribution >= 0.6 is 0 Å². The van der Waals surface area contributed by atoms with Crippen LogP contribution in [-0.4, -0.2) is 58.7 Å². The summed E-state index contributed by atoms with van der Waals surface area (Å²) in [5.74, 6) is 0.355. The largest absolute Gasteiger partial charge is 0.489 e. The van der Waals surface area contributed by atoms with E-state index in [2.05, 4.69) is 5.32 Å². The van der Waals surface area contributed by atoms with Crippen molar-refractivity contribution in [2.75, 3.05) is 33.8 Å². The maximum absolute atomic E-state index is 12.3. The first-order valence-corrected chi connectivity index (χ1v) is 8.36. The number of morpholine rings is 1. The second-order valence-corrected chi connectivity index (χ2v) is 7.39. The van der Waals surface area contributed by atoms with Gasteiger partial charge in [-0.05, 0) is 19.1 Å². The summed E-state index contributed by atoms with van der Waals surface area (Å²) < 4.78 is 37.1. The third-order valence-corrected chi connectivity index (χ3v) is 5.12. The molecular formula is C14H22N2O4S. The van der Waals surface area contributed by atoms with Crippen molar-refractivity contribution in [3.8, 4) is 5.75 Å². The van der Waals surface area contributed by atoms with Crippen molar-refractivity contribution < 1.29 is 17.9 Å². The Morgan fingerprint density at radius 2 is 2.05 bits per heavy atom. The highest BCUT2D eigenvalue weighted by Gasteiger charge is 2.24. The lowest BCUT2D eigenvalue weighted by molar-refractivity contribution is -0.0474. The number of sulfonamides is 1. The maximum Gasteiger partial charge on any atom is 0.246 e. The summed E-state index contributed by atoms with van der Waals surface area (Å²) in [5.41, 5.74) is 0. The zero-order chi connectivity index (χ0) is 15.5. The Labute approximate surface area is 126 Å². The summed E-state index contributed by atoms with van der Waals surface area (Å²) in [7, 11) is -0.515. The molecule has 1 aliphatic heterocycles. The molecule has 1 aromatic carbocycles. The fourth-order valence-corrected chi connectivity index (χ4v) is 3.16. The summed E-state index contributed by atoms with van der Waals surface area (Å²) in [4.78, 5) is 0.173. The van der Waals surface area contributed by atoms with Gasteiger partial charge in [-0.15, -0.1) is 0 Å². The van der Waals surface area contributed by atoms with Gasteiger partial charge in [0.15, 0.2) is 0 Å². The number of nitrogens with zero attached hydrogens (tertiary/aromatic N) is 1. The Balaban J connectivity index is 2.10. The Hall–Kier alpha value is -1.15. The van der Waals surface area contributed by atoms with E-state index in [0.29, 0.717) is 18.9 Å². The van der Waals surface area contributed by atoms with E-state index in [-0.39, 0.29) is 17.1 Å². The number of ether oxygens (including phenoxy) is 2. The number of nitrogens with one attached hydrogen (secondary N) is 1. The number of benzene rings is 1. The number of hydrogen-bond donors (Lipinski definition) is 1. The van der Waals surface area contributed by atoms with E-state index < -0.39 is 10.0 Å². The number of para-hydroxylation sites is 1. The molecule has 1 N–H and O–H groups in total. The summed E-state index contributed by atoms with van der Waals surface area (Å²) in [6.45, 7) is 3.83. The van der Waals surface area contributed by atoms with Crippen LogP contribution in [0.5, 0.6) is 5.75 Å². The zero-order valence-electron chi connectivity index (χ0n) is 12.6. The third-order valence-electron chi connectivity index (χ3n) is 3.26. The van der Waals surface area contributed by atoms with Crippen LogP contribution in [0.25, 0.3) is 0 Å². The molecule has 0 radical (unpaired) electrons. The SMILES string of the molecule is CC1CNCC(COc2ccccc2S(=O)(=O)N(C)C)O1. The first-order chi connectivity index (χ1) is 9.91. The maximum atomic E-state index is 12.3. The summed E-state index contributed by atoms with van der Waals surface area (Å²) in [6, 6.07) is 6.65. The standard InChI is InChI=1S/C14H22N2O4S/c1-11-8-15-9-12(20-11)10-19-13-6-4-5-7-14(13)21(17,18)16(2)3/h4-7,11-12,15H,8-10H2,1-3H3. The van der Waals surface area contributed by atoms with Crippen LogP contribution in [0.1, 0.15) is 6.92 Å². The van der Waals surface area contributed by atoms with Crippen LogP contribution in [0.4, 0.5) is 0 Å². The molecule has 6 nitrogen and oxygen atoms in total. The first-order valence-electron chi connectivity index (χ1n) is 6.92. The van der Waals surface area contributed by atoms with Crippen LogP contribution in [-0.2, 0) is 14.8 Å². The van der Waals surface area contributed by atoms with Crippen LogP contribution in [0.3, 0.4) is 0 Å². The molecule has 1 heterocycles. The van der Waals surface area contributed by atoms with Crippen molar-refractivity contribution in [1.29, 1.82) is 0 Å². The van der Waals surface area contributed by atoms with E-state index in [1.165, 1.54) is 18.4 Å². The van der Waals surface area contributed by atoms with Gasteiger partial charge < -0.3 is 14.8 Å². The molecule has 7 heteroatoms. The van der Waals surface area contributed by atoms with Crippen molar-refractivity contribution in [3.63, 3.8) is 0 Å². The predicted octanol–water partition coefficient (Wildman–Crippen LogP) is 0.693. The Bertz CT molecular complexity index is 574. The highest BCUT2D eigenvalue weighted by Crippen LogP contribution is 2.25. The van der Waals surface area contributed by atoms with Crippen LogP contribution in [0.2, 0.25) is 0 Å². The van der Waals surface area contributed by atoms with E-state index in [1.807, 2.05) is 6.92 Å². The second kappa shape index (κ2) is 6.74. The molecule has 1 aromatic rings. The number of hydrogen-bond acceptors (Lipinski definition) is 5. The molecule has 2 atom stereocenters. The number of rotatable bonds is 5.